The number of hydrogen-bond acceptors (Lipinski definition) is 6. The van der Waals surface area contributed by atoms with Gasteiger partial charge in [-0.3, -0.25) is 13.8 Å². The van der Waals surface area contributed by atoms with Crippen LogP contribution in [-0.2, 0) is 18.4 Å². The summed E-state index contributed by atoms with van der Waals surface area (Å²) in [6.07, 6.45) is 52.4. The summed E-state index contributed by atoms with van der Waals surface area (Å²) in [7, 11) is -4.35. The fourth-order valence-corrected chi connectivity index (χ4v) is 8.09. The Morgan fingerprint density at radius 1 is 0.561 bits per heavy atom. The van der Waals surface area contributed by atoms with E-state index in [1.807, 2.05) is 6.08 Å². The number of aliphatic hydroxyl groups is 1. The third-order valence-corrected chi connectivity index (χ3v) is 12.0. The summed E-state index contributed by atoms with van der Waals surface area (Å²) in [4.78, 5) is 22.8. The molecule has 0 aliphatic rings. The van der Waals surface area contributed by atoms with E-state index in [0.29, 0.717) is 6.42 Å². The number of carbonyl (C=O) groups excluding carboxylic acids is 1. The molecule has 0 saturated carbocycles. The molecule has 0 saturated heterocycles. The zero-order valence-corrected chi connectivity index (χ0v) is 38.5. The van der Waals surface area contributed by atoms with Gasteiger partial charge in [-0.25, -0.2) is 4.57 Å². The molecule has 3 atom stereocenters. The van der Waals surface area contributed by atoms with Gasteiger partial charge in [0.05, 0.1) is 25.4 Å². The normalized spacial score (nSPS) is 14.1. The van der Waals surface area contributed by atoms with Crippen molar-refractivity contribution in [2.24, 2.45) is 5.73 Å². The number of rotatable bonds is 46. The number of hydrogen-bond donors (Lipinski definition) is 4. The van der Waals surface area contributed by atoms with Crippen LogP contribution in [-0.4, -0.2) is 47.8 Å². The Labute approximate surface area is 353 Å². The van der Waals surface area contributed by atoms with Crippen molar-refractivity contribution in [2.75, 3.05) is 19.8 Å². The average Bonchev–Trinajstić information content (AvgIpc) is 3.20. The first-order chi connectivity index (χ1) is 27.9. The minimum Gasteiger partial charge on any atom is -0.387 e. The first-order valence-electron chi connectivity index (χ1n) is 24.5. The lowest BCUT2D eigenvalue weighted by Crippen LogP contribution is -2.45. The molecule has 0 radical (unpaired) electrons. The molecule has 0 bridgehead atoms. The maximum Gasteiger partial charge on any atom is 0.472 e. The Morgan fingerprint density at radius 3 is 1.35 bits per heavy atom. The molecule has 57 heavy (non-hydrogen) atoms. The van der Waals surface area contributed by atoms with Crippen LogP contribution in [0.4, 0.5) is 0 Å². The van der Waals surface area contributed by atoms with Gasteiger partial charge in [-0.1, -0.05) is 231 Å². The molecule has 0 aliphatic heterocycles. The van der Waals surface area contributed by atoms with Crippen molar-refractivity contribution in [1.82, 2.24) is 5.32 Å². The highest BCUT2D eigenvalue weighted by molar-refractivity contribution is 7.47. The Morgan fingerprint density at radius 2 is 0.930 bits per heavy atom. The Hall–Kier alpha value is -1.02. The number of allylic oxidation sites excluding steroid dienone is 3. The van der Waals surface area contributed by atoms with E-state index in [0.717, 1.165) is 38.5 Å². The average molecular weight is 827 g/mol. The van der Waals surface area contributed by atoms with Crippen LogP contribution in [0.15, 0.2) is 24.3 Å². The van der Waals surface area contributed by atoms with Crippen LogP contribution < -0.4 is 11.1 Å². The molecule has 1 amide bonds. The van der Waals surface area contributed by atoms with E-state index in [2.05, 4.69) is 31.3 Å². The molecule has 338 valence electrons. The number of amides is 1. The van der Waals surface area contributed by atoms with E-state index >= 15 is 0 Å². The topological polar surface area (TPSA) is 131 Å². The van der Waals surface area contributed by atoms with Crippen LogP contribution >= 0.6 is 7.82 Å². The molecule has 0 aromatic carbocycles. The van der Waals surface area contributed by atoms with Crippen LogP contribution in [0.1, 0.15) is 245 Å². The zero-order chi connectivity index (χ0) is 41.8. The largest absolute Gasteiger partial charge is 0.472 e. The second kappa shape index (κ2) is 44.5. The number of carbonyl (C=O) groups is 1. The first kappa shape index (κ1) is 56.0. The molecule has 8 nitrogen and oxygen atoms in total. The molecule has 0 fully saturated rings. The van der Waals surface area contributed by atoms with Crippen molar-refractivity contribution in [1.29, 1.82) is 0 Å². The smallest absolute Gasteiger partial charge is 0.387 e. The Balaban J connectivity index is 4.16. The van der Waals surface area contributed by atoms with Crippen LogP contribution in [0.2, 0.25) is 0 Å². The van der Waals surface area contributed by atoms with Gasteiger partial charge in [0.15, 0.2) is 0 Å². The van der Waals surface area contributed by atoms with Gasteiger partial charge in [0.1, 0.15) is 0 Å². The fourth-order valence-electron chi connectivity index (χ4n) is 7.33. The highest BCUT2D eigenvalue weighted by Crippen LogP contribution is 2.43. The lowest BCUT2D eigenvalue weighted by atomic mass is 10.0. The fraction of sp³-hybridized carbons (Fsp3) is 0.896. The molecule has 0 spiro atoms. The number of nitrogens with two attached hydrogens (primary N) is 1. The summed E-state index contributed by atoms with van der Waals surface area (Å²) >= 11 is 0. The van der Waals surface area contributed by atoms with Gasteiger partial charge in [-0.2, -0.15) is 0 Å². The summed E-state index contributed by atoms with van der Waals surface area (Å²) in [6, 6.07) is -0.873. The quantitative estimate of drug-likeness (QED) is 0.0273. The summed E-state index contributed by atoms with van der Waals surface area (Å²) in [6.45, 7) is 4.15. The number of unbranched alkanes of at least 4 members (excludes halogenated alkanes) is 32. The predicted molar refractivity (Wildman–Crippen MR) is 245 cm³/mol. The highest BCUT2D eigenvalue weighted by atomic mass is 31.2. The molecular weight excluding hydrogens is 732 g/mol. The van der Waals surface area contributed by atoms with Gasteiger partial charge in [0.2, 0.25) is 5.91 Å². The zero-order valence-electron chi connectivity index (χ0n) is 37.6. The van der Waals surface area contributed by atoms with Crippen LogP contribution in [0.25, 0.3) is 0 Å². The molecule has 5 N–H and O–H groups in total. The van der Waals surface area contributed by atoms with E-state index in [4.69, 9.17) is 14.8 Å². The lowest BCUT2D eigenvalue weighted by molar-refractivity contribution is -0.123. The molecule has 0 aromatic heterocycles. The summed E-state index contributed by atoms with van der Waals surface area (Å²) in [5.74, 6) is -0.200. The SMILES string of the molecule is CCCCCCCCCCCCCCCCC/C=C/CC/C=C/C(O)C(COP(=O)(O)OCCN)NC(=O)CCCCCCCCCCCCCCCCCCC. The van der Waals surface area contributed by atoms with Gasteiger partial charge in [-0.05, 0) is 32.1 Å². The molecule has 9 heteroatoms. The summed E-state index contributed by atoms with van der Waals surface area (Å²) < 4.78 is 22.2. The van der Waals surface area contributed by atoms with E-state index < -0.39 is 20.0 Å². The number of phosphoric acid groups is 1. The van der Waals surface area contributed by atoms with Gasteiger partial charge in [0.25, 0.3) is 0 Å². The Bertz CT molecular complexity index is 948. The number of nitrogens with one attached hydrogen (secondary N) is 1. The van der Waals surface area contributed by atoms with E-state index in [9.17, 15) is 19.4 Å². The lowest BCUT2D eigenvalue weighted by Gasteiger charge is -2.23. The molecule has 0 aliphatic carbocycles. The monoisotopic (exact) mass is 827 g/mol. The maximum absolute atomic E-state index is 12.8. The molecule has 0 aromatic rings. The van der Waals surface area contributed by atoms with Crippen LogP contribution in [0, 0.1) is 0 Å². The van der Waals surface area contributed by atoms with Gasteiger partial charge >= 0.3 is 7.82 Å². The van der Waals surface area contributed by atoms with Crippen molar-refractivity contribution in [2.45, 2.75) is 257 Å². The van der Waals surface area contributed by atoms with Crippen molar-refractivity contribution < 1.29 is 28.4 Å². The Kier molecular flexibility index (Phi) is 43.7. The third kappa shape index (κ3) is 42.9. The van der Waals surface area contributed by atoms with Gasteiger partial charge in [0, 0.05) is 13.0 Å². The van der Waals surface area contributed by atoms with E-state index in [1.54, 1.807) is 6.08 Å². The minimum atomic E-state index is -4.35. The second-order valence-electron chi connectivity index (χ2n) is 16.7. The first-order valence-corrected chi connectivity index (χ1v) is 26.0. The molecule has 0 rings (SSSR count). The molecule has 3 unspecified atom stereocenters. The van der Waals surface area contributed by atoms with Gasteiger partial charge < -0.3 is 21.1 Å². The van der Waals surface area contributed by atoms with E-state index in [-0.39, 0.29) is 25.7 Å². The minimum absolute atomic E-state index is 0.0761. The van der Waals surface area contributed by atoms with Crippen molar-refractivity contribution >= 4 is 13.7 Å². The van der Waals surface area contributed by atoms with Gasteiger partial charge in [-0.15, -0.1) is 0 Å². The van der Waals surface area contributed by atoms with Crippen LogP contribution in [0.3, 0.4) is 0 Å². The van der Waals surface area contributed by atoms with Crippen molar-refractivity contribution in [3.05, 3.63) is 24.3 Å². The van der Waals surface area contributed by atoms with Crippen molar-refractivity contribution in [3.8, 4) is 0 Å². The highest BCUT2D eigenvalue weighted by Gasteiger charge is 2.26. The summed E-state index contributed by atoms with van der Waals surface area (Å²) in [5, 5.41) is 13.7. The van der Waals surface area contributed by atoms with E-state index in [1.165, 1.54) is 186 Å². The molecule has 0 heterocycles. The summed E-state index contributed by atoms with van der Waals surface area (Å²) in [5.41, 5.74) is 5.38. The maximum atomic E-state index is 12.8. The second-order valence-corrected chi connectivity index (χ2v) is 18.1. The number of phosphoric ester groups is 1. The van der Waals surface area contributed by atoms with Crippen LogP contribution in [0.5, 0.6) is 0 Å². The van der Waals surface area contributed by atoms with Crippen molar-refractivity contribution in [3.63, 3.8) is 0 Å². The standard InChI is InChI=1S/C48H95N2O6P/c1-3-5-7-9-11-13-15-17-19-21-22-23-24-26-27-29-31-33-35-37-39-41-47(51)46(45-56-57(53,54)55-44-43-49)50-48(52)42-40-38-36-34-32-30-28-25-20-18-16-14-12-10-8-6-4-2/h31,33,39,41,46-47,51H,3-30,32,34-38,40,42-45,49H2,1-2H3,(H,50,52)(H,53,54)/b33-31+,41-39+. The predicted octanol–water partition coefficient (Wildman–Crippen LogP) is 14.1. The molecular formula is C48H95N2O6P. The number of aliphatic hydroxyl groups excluding tert-OH is 1. The third-order valence-electron chi connectivity index (χ3n) is 11.0.